The van der Waals surface area contributed by atoms with Crippen molar-refractivity contribution < 1.29 is 13.6 Å². The topological polar surface area (TPSA) is 58.6 Å². The van der Waals surface area contributed by atoms with Crippen molar-refractivity contribution >= 4 is 11.5 Å². The summed E-state index contributed by atoms with van der Waals surface area (Å²) in [6, 6.07) is 7.65. The van der Waals surface area contributed by atoms with Crippen molar-refractivity contribution in [3.8, 4) is 0 Å². The van der Waals surface area contributed by atoms with E-state index in [1.807, 2.05) is 31.2 Å². The Bertz CT molecular complexity index is 655. The quantitative estimate of drug-likeness (QED) is 0.922. The van der Waals surface area contributed by atoms with Crippen LogP contribution in [0.4, 0.5) is 0 Å². The fourth-order valence-electron chi connectivity index (χ4n) is 2.54. The first-order chi connectivity index (χ1) is 10.7. The number of amides is 1. The minimum atomic E-state index is 0.0158. The Morgan fingerprint density at radius 1 is 1.36 bits per heavy atom. The number of rotatable bonds is 5. The molecule has 0 fully saturated rings. The van der Waals surface area contributed by atoms with Gasteiger partial charge in [-0.25, -0.2) is 0 Å². The highest BCUT2D eigenvalue weighted by Gasteiger charge is 2.17. The van der Waals surface area contributed by atoms with Gasteiger partial charge < -0.3 is 14.2 Å². The molecule has 0 saturated carbocycles. The molecule has 1 N–H and O–H groups in total. The van der Waals surface area contributed by atoms with Crippen molar-refractivity contribution in [1.29, 1.82) is 0 Å². The highest BCUT2D eigenvalue weighted by molar-refractivity contribution is 5.78. The number of nitrogens with one attached hydrogen (secondary N) is 1. The van der Waals surface area contributed by atoms with Crippen LogP contribution in [0.1, 0.15) is 23.7 Å². The molecule has 1 amide bonds. The van der Waals surface area contributed by atoms with E-state index < -0.39 is 0 Å². The van der Waals surface area contributed by atoms with Crippen molar-refractivity contribution in [1.82, 2.24) is 10.2 Å². The molecule has 5 heteroatoms. The number of carbonyl (C=O) groups is 1. The molecular weight excluding hydrogens is 280 g/mol. The summed E-state index contributed by atoms with van der Waals surface area (Å²) in [6.07, 6.45) is 4.65. The van der Waals surface area contributed by atoms with Crippen molar-refractivity contribution in [2.24, 2.45) is 0 Å². The monoisotopic (exact) mass is 300 g/mol. The van der Waals surface area contributed by atoms with Crippen LogP contribution in [0.15, 0.2) is 45.4 Å². The van der Waals surface area contributed by atoms with Gasteiger partial charge in [0.2, 0.25) is 5.91 Å². The van der Waals surface area contributed by atoms with Gasteiger partial charge in [0.15, 0.2) is 0 Å². The van der Waals surface area contributed by atoms with Gasteiger partial charge in [-0.05, 0) is 43.2 Å². The lowest BCUT2D eigenvalue weighted by Crippen LogP contribution is -2.38. The van der Waals surface area contributed by atoms with Gasteiger partial charge >= 0.3 is 0 Å². The minimum absolute atomic E-state index is 0.0158. The van der Waals surface area contributed by atoms with E-state index in [-0.39, 0.29) is 5.91 Å². The van der Waals surface area contributed by atoms with E-state index in [0.29, 0.717) is 13.1 Å². The molecule has 0 bridgehead atoms. The first-order valence-electron chi connectivity index (χ1n) is 7.48. The Hall–Kier alpha value is -2.27. The molecule has 1 aliphatic heterocycles. The van der Waals surface area contributed by atoms with Crippen molar-refractivity contribution in [3.05, 3.63) is 53.9 Å². The summed E-state index contributed by atoms with van der Waals surface area (Å²) in [6.45, 7) is 4.42. The molecule has 1 aliphatic rings. The number of hydrogen-bond donors (Lipinski definition) is 1. The van der Waals surface area contributed by atoms with Crippen LogP contribution in [0, 0.1) is 6.92 Å². The molecular formula is C17H20N2O3. The molecule has 2 aromatic heterocycles. The van der Waals surface area contributed by atoms with Crippen LogP contribution in [0.25, 0.3) is 5.57 Å². The van der Waals surface area contributed by atoms with Crippen LogP contribution in [0.3, 0.4) is 0 Å². The molecule has 2 aromatic rings. The Morgan fingerprint density at radius 2 is 2.27 bits per heavy atom. The summed E-state index contributed by atoms with van der Waals surface area (Å²) in [5.41, 5.74) is 1.22. The van der Waals surface area contributed by atoms with E-state index >= 15 is 0 Å². The number of carbonyl (C=O) groups excluding carboxylic acids is 1. The Morgan fingerprint density at radius 3 is 2.91 bits per heavy atom. The molecule has 0 spiro atoms. The summed E-state index contributed by atoms with van der Waals surface area (Å²) in [5, 5.41) is 2.87. The molecule has 0 aliphatic carbocycles. The number of hydrogen-bond acceptors (Lipinski definition) is 4. The predicted molar refractivity (Wildman–Crippen MR) is 83.0 cm³/mol. The van der Waals surface area contributed by atoms with Gasteiger partial charge in [-0.15, -0.1) is 0 Å². The van der Waals surface area contributed by atoms with Crippen molar-refractivity contribution in [2.75, 3.05) is 19.6 Å². The largest absolute Gasteiger partial charge is 0.467 e. The van der Waals surface area contributed by atoms with E-state index in [2.05, 4.69) is 16.3 Å². The fraction of sp³-hybridized carbons (Fsp3) is 0.353. The molecule has 3 heterocycles. The highest BCUT2D eigenvalue weighted by atomic mass is 16.3. The second-order valence-electron chi connectivity index (χ2n) is 5.48. The van der Waals surface area contributed by atoms with Gasteiger partial charge in [0.25, 0.3) is 0 Å². The number of aryl methyl sites for hydroxylation is 1. The third-order valence-corrected chi connectivity index (χ3v) is 3.76. The van der Waals surface area contributed by atoms with Crippen LogP contribution in [0.2, 0.25) is 0 Å². The van der Waals surface area contributed by atoms with Crippen LogP contribution in [-0.2, 0) is 11.3 Å². The van der Waals surface area contributed by atoms with Crippen LogP contribution in [-0.4, -0.2) is 30.4 Å². The zero-order chi connectivity index (χ0) is 15.4. The maximum atomic E-state index is 11.9. The molecule has 0 unspecified atom stereocenters. The van der Waals surface area contributed by atoms with E-state index in [0.717, 1.165) is 36.8 Å². The van der Waals surface area contributed by atoms with Crippen LogP contribution in [0.5, 0.6) is 0 Å². The third kappa shape index (κ3) is 3.68. The smallest absolute Gasteiger partial charge is 0.234 e. The minimum Gasteiger partial charge on any atom is -0.467 e. The number of nitrogens with zero attached hydrogens (tertiary/aromatic N) is 1. The third-order valence-electron chi connectivity index (χ3n) is 3.76. The lowest BCUT2D eigenvalue weighted by atomic mass is 10.1. The van der Waals surface area contributed by atoms with Gasteiger partial charge in [-0.2, -0.15) is 0 Å². The molecule has 116 valence electrons. The van der Waals surface area contributed by atoms with E-state index in [9.17, 15) is 4.79 Å². The Labute approximate surface area is 129 Å². The average molecular weight is 300 g/mol. The lowest BCUT2D eigenvalue weighted by Gasteiger charge is -2.24. The first kappa shape index (κ1) is 14.7. The van der Waals surface area contributed by atoms with E-state index in [1.165, 1.54) is 5.57 Å². The molecule has 5 nitrogen and oxygen atoms in total. The zero-order valence-electron chi connectivity index (χ0n) is 12.7. The summed E-state index contributed by atoms with van der Waals surface area (Å²) >= 11 is 0. The molecule has 0 atom stereocenters. The fourth-order valence-corrected chi connectivity index (χ4v) is 2.54. The van der Waals surface area contributed by atoms with Gasteiger partial charge in [0, 0.05) is 13.1 Å². The first-order valence-corrected chi connectivity index (χ1v) is 7.48. The Balaban J connectivity index is 1.47. The second-order valence-corrected chi connectivity index (χ2v) is 5.48. The standard InChI is InChI=1S/C17H20N2O3/c1-13-4-5-16(22-13)14-6-8-19(9-7-14)12-17(20)18-11-15-3-2-10-21-15/h2-6,10H,7-9,11-12H2,1H3,(H,18,20). The van der Waals surface area contributed by atoms with E-state index in [1.54, 1.807) is 6.26 Å². The second kappa shape index (κ2) is 6.66. The maximum Gasteiger partial charge on any atom is 0.234 e. The highest BCUT2D eigenvalue weighted by Crippen LogP contribution is 2.23. The Kier molecular flexibility index (Phi) is 4.44. The van der Waals surface area contributed by atoms with E-state index in [4.69, 9.17) is 8.83 Å². The van der Waals surface area contributed by atoms with Crippen molar-refractivity contribution in [3.63, 3.8) is 0 Å². The van der Waals surface area contributed by atoms with Crippen LogP contribution >= 0.6 is 0 Å². The lowest BCUT2D eigenvalue weighted by molar-refractivity contribution is -0.122. The average Bonchev–Trinajstić information content (AvgIpc) is 3.17. The van der Waals surface area contributed by atoms with Gasteiger partial charge in [0.1, 0.15) is 17.3 Å². The van der Waals surface area contributed by atoms with Crippen LogP contribution < -0.4 is 5.32 Å². The van der Waals surface area contributed by atoms with Gasteiger partial charge in [0.05, 0.1) is 19.4 Å². The normalized spacial score (nSPS) is 15.6. The molecule has 0 radical (unpaired) electrons. The molecule has 0 aromatic carbocycles. The molecule has 3 rings (SSSR count). The summed E-state index contributed by atoms with van der Waals surface area (Å²) in [4.78, 5) is 14.0. The summed E-state index contributed by atoms with van der Waals surface area (Å²) in [7, 11) is 0. The van der Waals surface area contributed by atoms with Gasteiger partial charge in [-0.3, -0.25) is 9.69 Å². The summed E-state index contributed by atoms with van der Waals surface area (Å²) in [5.74, 6) is 2.65. The zero-order valence-corrected chi connectivity index (χ0v) is 12.7. The summed E-state index contributed by atoms with van der Waals surface area (Å²) < 4.78 is 10.8. The van der Waals surface area contributed by atoms with Crippen molar-refractivity contribution in [2.45, 2.75) is 19.9 Å². The maximum absolute atomic E-state index is 11.9. The molecule has 0 saturated heterocycles. The molecule has 22 heavy (non-hydrogen) atoms. The predicted octanol–water partition coefficient (Wildman–Crippen LogP) is 2.59. The SMILES string of the molecule is Cc1ccc(C2=CCN(CC(=O)NCc3ccco3)CC2)o1. The van der Waals surface area contributed by atoms with Gasteiger partial charge in [-0.1, -0.05) is 6.08 Å². The number of furan rings is 2.